The van der Waals surface area contributed by atoms with Gasteiger partial charge in [0.05, 0.1) is 12.7 Å². The second kappa shape index (κ2) is 14.9. The Kier molecular flexibility index (Phi) is 10.2. The lowest BCUT2D eigenvalue weighted by atomic mass is 9.89. The molecule has 7 heteroatoms. The standard InChI is InChI=1S/C39H34O7/c1-26-14-17-32(22-35(26)33-19-16-31(20-27(33)2)39(42)43-3)44-23-28-15-18-34(37(45-24-40)29-10-6-4-7-11-29)36(21-28)38(46-25-41)30-12-8-5-9-13-30/h4-22,24-25,37-38H,23H2,1-3H3. The third kappa shape index (κ3) is 7.16. The summed E-state index contributed by atoms with van der Waals surface area (Å²) in [4.78, 5) is 35.4. The van der Waals surface area contributed by atoms with E-state index in [-0.39, 0.29) is 12.6 Å². The second-order valence-electron chi connectivity index (χ2n) is 10.8. The van der Waals surface area contributed by atoms with Crippen LogP contribution in [0, 0.1) is 13.8 Å². The first kappa shape index (κ1) is 31.7. The quantitative estimate of drug-likeness (QED) is 0.0758. The van der Waals surface area contributed by atoms with Crippen LogP contribution in [0.2, 0.25) is 0 Å². The first-order valence-corrected chi connectivity index (χ1v) is 14.8. The molecule has 7 nitrogen and oxygen atoms in total. The summed E-state index contributed by atoms with van der Waals surface area (Å²) >= 11 is 0. The highest BCUT2D eigenvalue weighted by molar-refractivity contribution is 5.90. The molecule has 0 aliphatic rings. The lowest BCUT2D eigenvalue weighted by molar-refractivity contribution is -0.134. The molecule has 0 bridgehead atoms. The Labute approximate surface area is 268 Å². The number of hydrogen-bond acceptors (Lipinski definition) is 7. The highest BCUT2D eigenvalue weighted by atomic mass is 16.5. The number of esters is 1. The maximum absolute atomic E-state index is 12.0. The van der Waals surface area contributed by atoms with Crippen LogP contribution in [0.5, 0.6) is 5.75 Å². The molecule has 232 valence electrons. The van der Waals surface area contributed by atoms with Crippen LogP contribution in [0.4, 0.5) is 0 Å². The van der Waals surface area contributed by atoms with Crippen molar-refractivity contribution in [2.24, 2.45) is 0 Å². The van der Waals surface area contributed by atoms with Crippen LogP contribution in [0.1, 0.15) is 61.5 Å². The van der Waals surface area contributed by atoms with Gasteiger partial charge in [-0.15, -0.1) is 0 Å². The fourth-order valence-corrected chi connectivity index (χ4v) is 5.57. The second-order valence-corrected chi connectivity index (χ2v) is 10.8. The average Bonchev–Trinajstić information content (AvgIpc) is 3.09. The maximum atomic E-state index is 12.0. The van der Waals surface area contributed by atoms with Crippen LogP contribution < -0.4 is 4.74 Å². The van der Waals surface area contributed by atoms with Crippen molar-refractivity contribution in [3.8, 4) is 16.9 Å². The zero-order valence-corrected chi connectivity index (χ0v) is 25.8. The van der Waals surface area contributed by atoms with Gasteiger partial charge in [0.2, 0.25) is 0 Å². The van der Waals surface area contributed by atoms with Gasteiger partial charge in [0.1, 0.15) is 12.4 Å². The summed E-state index contributed by atoms with van der Waals surface area (Å²) in [6.45, 7) is 5.06. The van der Waals surface area contributed by atoms with E-state index in [0.29, 0.717) is 35.4 Å². The molecule has 0 amide bonds. The summed E-state index contributed by atoms with van der Waals surface area (Å²) in [5.74, 6) is 0.285. The molecule has 0 N–H and O–H groups in total. The van der Waals surface area contributed by atoms with E-state index in [2.05, 4.69) is 0 Å². The Morgan fingerprint density at radius 1 is 0.652 bits per heavy atom. The number of carbonyl (C=O) groups excluding carboxylic acids is 3. The molecule has 2 atom stereocenters. The van der Waals surface area contributed by atoms with E-state index in [0.717, 1.165) is 38.9 Å². The topological polar surface area (TPSA) is 88.1 Å². The molecule has 0 fully saturated rings. The Hall–Kier alpha value is -5.69. The van der Waals surface area contributed by atoms with Gasteiger partial charge in [-0.1, -0.05) is 84.9 Å². The number of carbonyl (C=O) groups is 3. The Morgan fingerprint density at radius 2 is 1.28 bits per heavy atom. The van der Waals surface area contributed by atoms with Crippen LogP contribution in [0.25, 0.3) is 11.1 Å². The molecule has 0 aliphatic carbocycles. The van der Waals surface area contributed by atoms with Gasteiger partial charge < -0.3 is 18.9 Å². The van der Waals surface area contributed by atoms with Crippen molar-refractivity contribution >= 4 is 18.9 Å². The normalized spacial score (nSPS) is 12.0. The number of hydrogen-bond donors (Lipinski definition) is 0. The monoisotopic (exact) mass is 614 g/mol. The van der Waals surface area contributed by atoms with E-state index < -0.39 is 12.2 Å². The highest BCUT2D eigenvalue weighted by Crippen LogP contribution is 2.37. The number of methoxy groups -OCH3 is 1. The minimum absolute atomic E-state index is 0.225. The van der Waals surface area contributed by atoms with E-state index >= 15 is 0 Å². The van der Waals surface area contributed by atoms with Gasteiger partial charge in [-0.3, -0.25) is 9.59 Å². The Morgan fingerprint density at radius 3 is 1.87 bits per heavy atom. The predicted octanol–water partition coefficient (Wildman–Crippen LogP) is 7.86. The van der Waals surface area contributed by atoms with Crippen molar-refractivity contribution in [2.75, 3.05) is 7.11 Å². The number of ether oxygens (including phenoxy) is 4. The summed E-state index contributed by atoms with van der Waals surface area (Å²) in [7, 11) is 1.37. The Balaban J connectivity index is 1.50. The fourth-order valence-electron chi connectivity index (χ4n) is 5.57. The molecule has 0 radical (unpaired) electrons. The van der Waals surface area contributed by atoms with Crippen LogP contribution >= 0.6 is 0 Å². The minimum Gasteiger partial charge on any atom is -0.489 e. The molecule has 5 aromatic carbocycles. The molecule has 5 aromatic rings. The molecule has 0 saturated heterocycles. The SMILES string of the molecule is COC(=O)c1ccc(-c2cc(OCc3ccc(C(OC=O)c4ccccc4)c(C(OC=O)c4ccccc4)c3)ccc2C)c(C)c1. The van der Waals surface area contributed by atoms with Crippen molar-refractivity contribution < 1.29 is 33.3 Å². The largest absolute Gasteiger partial charge is 0.489 e. The molecule has 0 spiro atoms. The van der Waals surface area contributed by atoms with Gasteiger partial charge >= 0.3 is 5.97 Å². The fraction of sp³-hybridized carbons (Fsp3) is 0.154. The lowest BCUT2D eigenvalue weighted by Gasteiger charge is -2.25. The smallest absolute Gasteiger partial charge is 0.337 e. The molecule has 46 heavy (non-hydrogen) atoms. The average molecular weight is 615 g/mol. The van der Waals surface area contributed by atoms with Gasteiger partial charge in [-0.05, 0) is 83.1 Å². The summed E-state index contributed by atoms with van der Waals surface area (Å²) in [6, 6.07) is 35.9. The molecule has 0 heterocycles. The third-order valence-corrected chi connectivity index (χ3v) is 7.86. The molecule has 5 rings (SSSR count). The van der Waals surface area contributed by atoms with Crippen molar-refractivity contribution in [3.05, 3.63) is 160 Å². The number of benzene rings is 5. The van der Waals surface area contributed by atoms with Gasteiger partial charge in [0.25, 0.3) is 12.9 Å². The summed E-state index contributed by atoms with van der Waals surface area (Å²) < 4.78 is 22.4. The molecular weight excluding hydrogens is 580 g/mol. The molecule has 2 unspecified atom stereocenters. The van der Waals surface area contributed by atoms with Crippen molar-refractivity contribution in [3.63, 3.8) is 0 Å². The zero-order valence-electron chi connectivity index (χ0n) is 25.8. The van der Waals surface area contributed by atoms with E-state index in [1.807, 2.05) is 123 Å². The maximum Gasteiger partial charge on any atom is 0.337 e. The van der Waals surface area contributed by atoms with E-state index in [1.54, 1.807) is 6.07 Å². The molecular formula is C39H34O7. The van der Waals surface area contributed by atoms with E-state index in [4.69, 9.17) is 18.9 Å². The predicted molar refractivity (Wildman–Crippen MR) is 174 cm³/mol. The van der Waals surface area contributed by atoms with Crippen molar-refractivity contribution in [1.29, 1.82) is 0 Å². The first-order valence-electron chi connectivity index (χ1n) is 14.8. The van der Waals surface area contributed by atoms with Gasteiger partial charge in [-0.2, -0.15) is 0 Å². The Bertz CT molecular complexity index is 1820. The molecule has 0 aliphatic heterocycles. The molecule has 0 saturated carbocycles. The summed E-state index contributed by atoms with van der Waals surface area (Å²) in [6.07, 6.45) is -1.48. The van der Waals surface area contributed by atoms with E-state index in [1.165, 1.54) is 7.11 Å². The third-order valence-electron chi connectivity index (χ3n) is 7.86. The van der Waals surface area contributed by atoms with Crippen molar-refractivity contribution in [1.82, 2.24) is 0 Å². The van der Waals surface area contributed by atoms with Crippen molar-refractivity contribution in [2.45, 2.75) is 32.7 Å². The van der Waals surface area contributed by atoms with Crippen LogP contribution in [0.15, 0.2) is 115 Å². The van der Waals surface area contributed by atoms with Crippen LogP contribution in [-0.4, -0.2) is 26.0 Å². The molecule has 0 aromatic heterocycles. The highest BCUT2D eigenvalue weighted by Gasteiger charge is 2.26. The van der Waals surface area contributed by atoms with Crippen LogP contribution in [0.3, 0.4) is 0 Å². The van der Waals surface area contributed by atoms with Gasteiger partial charge in [0, 0.05) is 11.1 Å². The number of aryl methyl sites for hydroxylation is 2. The van der Waals surface area contributed by atoms with Crippen LogP contribution in [-0.2, 0) is 30.4 Å². The summed E-state index contributed by atoms with van der Waals surface area (Å²) in [5, 5.41) is 0. The first-order chi connectivity index (χ1) is 22.4. The summed E-state index contributed by atoms with van der Waals surface area (Å²) in [5.41, 5.74) is 8.19. The van der Waals surface area contributed by atoms with E-state index in [9.17, 15) is 14.4 Å². The number of rotatable bonds is 13. The van der Waals surface area contributed by atoms with Gasteiger partial charge in [-0.25, -0.2) is 4.79 Å². The zero-order chi connectivity index (χ0) is 32.5. The minimum atomic E-state index is -0.753. The van der Waals surface area contributed by atoms with Gasteiger partial charge in [0.15, 0.2) is 12.2 Å². The lowest BCUT2D eigenvalue weighted by Crippen LogP contribution is -2.14.